The van der Waals surface area contributed by atoms with Crippen molar-refractivity contribution in [2.24, 2.45) is 0 Å². The third-order valence-electron chi connectivity index (χ3n) is 6.12. The Kier molecular flexibility index (Phi) is 5.29. The molecular formula is C24H24N4O2S. The van der Waals surface area contributed by atoms with Crippen LogP contribution >= 0.6 is 11.3 Å². The van der Waals surface area contributed by atoms with Crippen molar-refractivity contribution < 1.29 is 9.59 Å². The molecule has 2 aliphatic heterocycles. The molecule has 2 aliphatic rings. The summed E-state index contributed by atoms with van der Waals surface area (Å²) in [5, 5.41) is 2.62. The predicted octanol–water partition coefficient (Wildman–Crippen LogP) is 3.57. The van der Waals surface area contributed by atoms with Gasteiger partial charge in [0.25, 0.3) is 11.8 Å². The lowest BCUT2D eigenvalue weighted by atomic mass is 10.1. The highest BCUT2D eigenvalue weighted by Crippen LogP contribution is 2.33. The fraction of sp³-hybridized carbons (Fsp3) is 0.292. The van der Waals surface area contributed by atoms with Crippen LogP contribution in [0, 0.1) is 6.92 Å². The molecule has 0 atom stereocenters. The molecular weight excluding hydrogens is 408 g/mol. The van der Waals surface area contributed by atoms with Gasteiger partial charge in [-0.25, -0.2) is 4.98 Å². The van der Waals surface area contributed by atoms with Crippen molar-refractivity contribution in [2.75, 3.05) is 31.1 Å². The molecule has 0 radical (unpaired) electrons. The normalized spacial score (nSPS) is 16.8. The van der Waals surface area contributed by atoms with Gasteiger partial charge in [0.15, 0.2) is 0 Å². The van der Waals surface area contributed by atoms with E-state index in [0.717, 1.165) is 43.4 Å². The maximum absolute atomic E-state index is 13.2. The number of hydrogen-bond acceptors (Lipinski definition) is 6. The Morgan fingerprint density at radius 2 is 1.74 bits per heavy atom. The Balaban J connectivity index is 1.32. The van der Waals surface area contributed by atoms with Crippen molar-refractivity contribution in [3.8, 4) is 0 Å². The van der Waals surface area contributed by atoms with Crippen molar-refractivity contribution in [2.45, 2.75) is 20.0 Å². The smallest absolute Gasteiger partial charge is 0.264 e. The first-order chi connectivity index (χ1) is 15.1. The maximum atomic E-state index is 13.2. The van der Waals surface area contributed by atoms with Crippen LogP contribution < -0.4 is 4.90 Å². The standard InChI is InChI=1S/C24H24N4O2S/c1-17-5-2-3-6-18(17)15-26-10-12-27(13-11-26)20-8-4-7-19-22(20)24(30)28(23(19)29)16-21-25-9-14-31-21/h2-9,14H,10-13,15-16H2,1H3. The van der Waals surface area contributed by atoms with Gasteiger partial charge in [0, 0.05) is 44.3 Å². The van der Waals surface area contributed by atoms with Crippen molar-refractivity contribution >= 4 is 28.8 Å². The van der Waals surface area contributed by atoms with E-state index in [2.05, 4.69) is 46.0 Å². The number of thiazole rings is 1. The molecule has 7 heteroatoms. The average Bonchev–Trinajstić information content (AvgIpc) is 3.39. The van der Waals surface area contributed by atoms with Crippen LogP contribution in [0.3, 0.4) is 0 Å². The second kappa shape index (κ2) is 8.24. The largest absolute Gasteiger partial charge is 0.368 e. The third-order valence-corrected chi connectivity index (χ3v) is 6.89. The summed E-state index contributed by atoms with van der Waals surface area (Å²) in [5.41, 5.74) is 4.58. The molecule has 0 unspecified atom stereocenters. The second-order valence-corrected chi connectivity index (χ2v) is 8.99. The highest BCUT2D eigenvalue weighted by molar-refractivity contribution is 7.09. The zero-order chi connectivity index (χ0) is 21.4. The van der Waals surface area contributed by atoms with Gasteiger partial charge >= 0.3 is 0 Å². The van der Waals surface area contributed by atoms with Gasteiger partial charge in [-0.3, -0.25) is 19.4 Å². The lowest BCUT2D eigenvalue weighted by Crippen LogP contribution is -2.46. The van der Waals surface area contributed by atoms with Gasteiger partial charge in [-0.1, -0.05) is 30.3 Å². The number of amides is 2. The van der Waals surface area contributed by atoms with Gasteiger partial charge in [0.05, 0.1) is 23.4 Å². The van der Waals surface area contributed by atoms with E-state index in [1.807, 2.05) is 17.5 Å². The molecule has 158 valence electrons. The summed E-state index contributed by atoms with van der Waals surface area (Å²) >= 11 is 1.45. The Bertz CT molecular complexity index is 1120. The monoisotopic (exact) mass is 432 g/mol. The molecule has 0 bridgehead atoms. The highest BCUT2D eigenvalue weighted by atomic mass is 32.1. The SMILES string of the molecule is Cc1ccccc1CN1CCN(c2cccc3c2C(=O)N(Cc2nccs2)C3=O)CC1. The summed E-state index contributed by atoms with van der Waals surface area (Å²) in [5.74, 6) is -0.441. The lowest BCUT2D eigenvalue weighted by Gasteiger charge is -2.37. The van der Waals surface area contributed by atoms with Crippen LogP contribution in [0.1, 0.15) is 36.9 Å². The van der Waals surface area contributed by atoms with Gasteiger partial charge in [0.1, 0.15) is 5.01 Å². The van der Waals surface area contributed by atoms with E-state index in [1.54, 1.807) is 12.3 Å². The van der Waals surface area contributed by atoms with Crippen LogP contribution in [-0.2, 0) is 13.1 Å². The van der Waals surface area contributed by atoms with E-state index in [-0.39, 0.29) is 18.4 Å². The van der Waals surface area contributed by atoms with Crippen LogP contribution in [0.2, 0.25) is 0 Å². The van der Waals surface area contributed by atoms with Gasteiger partial charge in [-0.05, 0) is 30.2 Å². The molecule has 3 heterocycles. The summed E-state index contributed by atoms with van der Waals surface area (Å²) in [6, 6.07) is 14.1. The molecule has 2 amide bonds. The number of benzene rings is 2. The topological polar surface area (TPSA) is 56.8 Å². The van der Waals surface area contributed by atoms with Gasteiger partial charge < -0.3 is 4.90 Å². The molecule has 0 spiro atoms. The first-order valence-corrected chi connectivity index (χ1v) is 11.4. The molecule has 1 aromatic heterocycles. The van der Waals surface area contributed by atoms with Gasteiger partial charge in [0.2, 0.25) is 0 Å². The Hall–Kier alpha value is -3.03. The summed E-state index contributed by atoms with van der Waals surface area (Å²) in [6.45, 7) is 6.82. The van der Waals surface area contributed by atoms with Crippen LogP contribution in [-0.4, -0.2) is 52.8 Å². The van der Waals surface area contributed by atoms with E-state index in [9.17, 15) is 9.59 Å². The minimum atomic E-state index is -0.227. The Morgan fingerprint density at radius 3 is 2.48 bits per heavy atom. The second-order valence-electron chi connectivity index (χ2n) is 8.01. The Morgan fingerprint density at radius 1 is 0.935 bits per heavy atom. The van der Waals surface area contributed by atoms with E-state index in [1.165, 1.54) is 27.4 Å². The number of piperazine rings is 1. The number of carbonyl (C=O) groups is 2. The minimum Gasteiger partial charge on any atom is -0.368 e. The van der Waals surface area contributed by atoms with Crippen LogP contribution in [0.5, 0.6) is 0 Å². The van der Waals surface area contributed by atoms with Gasteiger partial charge in [-0.15, -0.1) is 11.3 Å². The summed E-state index contributed by atoms with van der Waals surface area (Å²) in [4.78, 5) is 36.3. The minimum absolute atomic E-state index is 0.215. The molecule has 31 heavy (non-hydrogen) atoms. The maximum Gasteiger partial charge on any atom is 0.264 e. The summed E-state index contributed by atoms with van der Waals surface area (Å²) in [6.07, 6.45) is 1.69. The third kappa shape index (κ3) is 3.75. The number of aromatic nitrogens is 1. The average molecular weight is 433 g/mol. The number of nitrogens with zero attached hydrogens (tertiary/aromatic N) is 4. The zero-order valence-electron chi connectivity index (χ0n) is 17.5. The number of imide groups is 1. The van der Waals surface area contributed by atoms with Crippen molar-refractivity contribution in [1.82, 2.24) is 14.8 Å². The fourth-order valence-corrected chi connectivity index (χ4v) is 4.97. The number of aryl methyl sites for hydroxylation is 1. The number of fused-ring (bicyclic) bond motifs is 1. The summed E-state index contributed by atoms with van der Waals surface area (Å²) < 4.78 is 0. The molecule has 0 N–H and O–H groups in total. The molecule has 0 aliphatic carbocycles. The molecule has 0 saturated carbocycles. The highest BCUT2D eigenvalue weighted by Gasteiger charge is 2.39. The predicted molar refractivity (Wildman–Crippen MR) is 121 cm³/mol. The quantitative estimate of drug-likeness (QED) is 0.577. The van der Waals surface area contributed by atoms with E-state index in [4.69, 9.17) is 0 Å². The van der Waals surface area contributed by atoms with Crippen LogP contribution in [0.15, 0.2) is 54.0 Å². The van der Waals surface area contributed by atoms with Crippen molar-refractivity contribution in [1.29, 1.82) is 0 Å². The number of rotatable bonds is 5. The molecule has 2 aromatic carbocycles. The molecule has 1 saturated heterocycles. The number of carbonyl (C=O) groups excluding carboxylic acids is 2. The molecule has 1 fully saturated rings. The first kappa shape index (κ1) is 19.9. The van der Waals surface area contributed by atoms with E-state index >= 15 is 0 Å². The van der Waals surface area contributed by atoms with Gasteiger partial charge in [-0.2, -0.15) is 0 Å². The Labute approximate surface area is 185 Å². The van der Waals surface area contributed by atoms with E-state index in [0.29, 0.717) is 11.1 Å². The lowest BCUT2D eigenvalue weighted by molar-refractivity contribution is 0.0642. The van der Waals surface area contributed by atoms with Crippen LogP contribution in [0.4, 0.5) is 5.69 Å². The van der Waals surface area contributed by atoms with Crippen molar-refractivity contribution in [3.63, 3.8) is 0 Å². The van der Waals surface area contributed by atoms with Crippen molar-refractivity contribution in [3.05, 3.63) is 81.3 Å². The summed E-state index contributed by atoms with van der Waals surface area (Å²) in [7, 11) is 0. The van der Waals surface area contributed by atoms with Crippen LogP contribution in [0.25, 0.3) is 0 Å². The number of anilines is 1. The van der Waals surface area contributed by atoms with E-state index < -0.39 is 0 Å². The fourth-order valence-electron chi connectivity index (χ4n) is 4.36. The first-order valence-electron chi connectivity index (χ1n) is 10.5. The molecule has 3 aromatic rings. The molecule has 6 nitrogen and oxygen atoms in total. The number of hydrogen-bond donors (Lipinski definition) is 0. The zero-order valence-corrected chi connectivity index (χ0v) is 18.3. The molecule has 5 rings (SSSR count).